The first kappa shape index (κ1) is 14.6. The molecule has 1 aliphatic rings. The van der Waals surface area contributed by atoms with Crippen molar-refractivity contribution < 1.29 is 14.6 Å². The highest BCUT2D eigenvalue weighted by Gasteiger charge is 2.30. The maximum Gasteiger partial charge on any atom is 0.320 e. The number of ether oxygens (including phenoxy) is 1. The first-order valence-corrected chi connectivity index (χ1v) is 7.52. The van der Waals surface area contributed by atoms with E-state index in [1.165, 1.54) is 0 Å². The fourth-order valence-electron chi connectivity index (χ4n) is 2.86. The highest BCUT2D eigenvalue weighted by atomic mass is 16.5. The van der Waals surface area contributed by atoms with Crippen molar-refractivity contribution in [1.82, 2.24) is 4.90 Å². The van der Waals surface area contributed by atoms with Gasteiger partial charge in [-0.25, -0.2) is 0 Å². The molecule has 2 aromatic carbocycles. The number of para-hydroxylation sites is 2. The summed E-state index contributed by atoms with van der Waals surface area (Å²) in [6, 6.07) is 17.0. The van der Waals surface area contributed by atoms with Gasteiger partial charge in [0.25, 0.3) is 0 Å². The van der Waals surface area contributed by atoms with E-state index in [0.29, 0.717) is 6.54 Å². The minimum Gasteiger partial charge on any atom is -0.480 e. The number of hydrogen-bond donors (Lipinski definition) is 1. The van der Waals surface area contributed by atoms with E-state index in [2.05, 4.69) is 0 Å². The van der Waals surface area contributed by atoms with Crippen molar-refractivity contribution in [2.45, 2.75) is 25.4 Å². The number of benzene rings is 2. The summed E-state index contributed by atoms with van der Waals surface area (Å²) in [7, 11) is 0. The maximum atomic E-state index is 11.3. The number of nitrogens with zero attached hydrogens (tertiary/aromatic N) is 1. The van der Waals surface area contributed by atoms with Crippen molar-refractivity contribution in [3.05, 3.63) is 60.2 Å². The Balaban J connectivity index is 1.78. The predicted octanol–water partition coefficient (Wildman–Crippen LogP) is 3.53. The van der Waals surface area contributed by atoms with Crippen LogP contribution in [0, 0.1) is 0 Å². The van der Waals surface area contributed by atoms with Crippen LogP contribution in [-0.2, 0) is 11.3 Å². The lowest BCUT2D eigenvalue weighted by Crippen LogP contribution is -2.35. The Morgan fingerprint density at radius 1 is 1.14 bits per heavy atom. The molecule has 4 heteroatoms. The third kappa shape index (κ3) is 3.28. The van der Waals surface area contributed by atoms with Crippen LogP contribution in [0.1, 0.15) is 18.4 Å². The summed E-state index contributed by atoms with van der Waals surface area (Å²) in [5, 5.41) is 9.29. The van der Waals surface area contributed by atoms with E-state index in [1.54, 1.807) is 0 Å². The normalized spacial score (nSPS) is 18.3. The lowest BCUT2D eigenvalue weighted by molar-refractivity contribution is -0.142. The zero-order chi connectivity index (χ0) is 15.4. The van der Waals surface area contributed by atoms with Gasteiger partial charge in [-0.1, -0.05) is 36.4 Å². The third-order valence-corrected chi connectivity index (χ3v) is 3.97. The monoisotopic (exact) mass is 297 g/mol. The Labute approximate surface area is 130 Å². The molecule has 114 valence electrons. The molecule has 0 bridgehead atoms. The first-order valence-electron chi connectivity index (χ1n) is 7.52. The zero-order valence-corrected chi connectivity index (χ0v) is 12.3. The predicted molar refractivity (Wildman–Crippen MR) is 84.0 cm³/mol. The lowest BCUT2D eigenvalue weighted by atomic mass is 10.1. The summed E-state index contributed by atoms with van der Waals surface area (Å²) >= 11 is 0. The molecule has 2 aromatic rings. The second-order valence-corrected chi connectivity index (χ2v) is 5.49. The molecule has 0 radical (unpaired) electrons. The first-order chi connectivity index (χ1) is 10.7. The Bertz CT molecular complexity index is 642. The molecular formula is C18H19NO3. The minimum atomic E-state index is -0.737. The van der Waals surface area contributed by atoms with Crippen LogP contribution in [0.25, 0.3) is 0 Å². The number of carbonyl (C=O) groups is 1. The molecule has 22 heavy (non-hydrogen) atoms. The van der Waals surface area contributed by atoms with E-state index < -0.39 is 5.97 Å². The van der Waals surface area contributed by atoms with Gasteiger partial charge in [-0.05, 0) is 37.6 Å². The van der Waals surface area contributed by atoms with Crippen LogP contribution >= 0.6 is 0 Å². The van der Waals surface area contributed by atoms with Crippen LogP contribution in [0.15, 0.2) is 54.6 Å². The van der Waals surface area contributed by atoms with E-state index in [0.717, 1.165) is 36.4 Å². The summed E-state index contributed by atoms with van der Waals surface area (Å²) < 4.78 is 5.94. The van der Waals surface area contributed by atoms with E-state index >= 15 is 0 Å². The van der Waals surface area contributed by atoms with E-state index in [1.807, 2.05) is 59.5 Å². The van der Waals surface area contributed by atoms with E-state index in [-0.39, 0.29) is 6.04 Å². The van der Waals surface area contributed by atoms with Crippen LogP contribution in [0.2, 0.25) is 0 Å². The number of aliphatic carboxylic acids is 1. The van der Waals surface area contributed by atoms with Crippen molar-refractivity contribution >= 4 is 5.97 Å². The SMILES string of the molecule is O=C(O)[C@H]1CCCN1Cc1ccccc1Oc1ccccc1. The summed E-state index contributed by atoms with van der Waals surface area (Å²) in [4.78, 5) is 13.3. The van der Waals surface area contributed by atoms with E-state index in [9.17, 15) is 9.90 Å². The van der Waals surface area contributed by atoms with Crippen LogP contribution in [0.4, 0.5) is 0 Å². The molecule has 1 N–H and O–H groups in total. The molecule has 0 amide bonds. The number of hydrogen-bond acceptors (Lipinski definition) is 3. The quantitative estimate of drug-likeness (QED) is 0.917. The average molecular weight is 297 g/mol. The molecule has 3 rings (SSSR count). The van der Waals surface area contributed by atoms with Gasteiger partial charge >= 0.3 is 5.97 Å². The number of carboxylic acid groups (broad SMARTS) is 1. The van der Waals surface area contributed by atoms with Gasteiger partial charge in [0, 0.05) is 12.1 Å². The van der Waals surface area contributed by atoms with Gasteiger partial charge in [-0.3, -0.25) is 9.69 Å². The van der Waals surface area contributed by atoms with Gasteiger partial charge in [0.2, 0.25) is 0 Å². The second-order valence-electron chi connectivity index (χ2n) is 5.49. The van der Waals surface area contributed by atoms with Gasteiger partial charge < -0.3 is 9.84 Å². The van der Waals surface area contributed by atoms with Crippen molar-refractivity contribution in [3.8, 4) is 11.5 Å². The molecule has 1 atom stereocenters. The Hall–Kier alpha value is -2.33. The molecule has 0 aromatic heterocycles. The Morgan fingerprint density at radius 3 is 2.64 bits per heavy atom. The van der Waals surface area contributed by atoms with Crippen LogP contribution in [-0.4, -0.2) is 28.6 Å². The maximum absolute atomic E-state index is 11.3. The highest BCUT2D eigenvalue weighted by Crippen LogP contribution is 2.28. The standard InChI is InChI=1S/C18H19NO3/c20-18(21)16-10-6-12-19(16)13-14-7-4-5-11-17(14)22-15-8-2-1-3-9-15/h1-5,7-9,11,16H,6,10,12-13H2,(H,20,21)/t16-/m1/s1. The van der Waals surface area contributed by atoms with Crippen LogP contribution in [0.5, 0.6) is 11.5 Å². The van der Waals surface area contributed by atoms with Crippen LogP contribution in [0.3, 0.4) is 0 Å². The molecule has 1 saturated heterocycles. The molecule has 1 heterocycles. The summed E-state index contributed by atoms with van der Waals surface area (Å²) in [5.74, 6) is 0.829. The van der Waals surface area contributed by atoms with Crippen molar-refractivity contribution in [1.29, 1.82) is 0 Å². The molecule has 0 aliphatic carbocycles. The van der Waals surface area contributed by atoms with Gasteiger partial charge in [0.15, 0.2) is 0 Å². The summed E-state index contributed by atoms with van der Waals surface area (Å²) in [6.45, 7) is 1.41. The molecule has 1 aliphatic heterocycles. The number of carboxylic acids is 1. The minimum absolute atomic E-state index is 0.384. The molecule has 0 unspecified atom stereocenters. The van der Waals surface area contributed by atoms with Gasteiger partial charge in [-0.2, -0.15) is 0 Å². The topological polar surface area (TPSA) is 49.8 Å². The third-order valence-electron chi connectivity index (χ3n) is 3.97. The molecule has 4 nitrogen and oxygen atoms in total. The fourth-order valence-corrected chi connectivity index (χ4v) is 2.86. The van der Waals surface area contributed by atoms with Gasteiger partial charge in [-0.15, -0.1) is 0 Å². The Kier molecular flexibility index (Phi) is 4.39. The molecule has 0 saturated carbocycles. The summed E-state index contributed by atoms with van der Waals surface area (Å²) in [6.07, 6.45) is 1.65. The number of rotatable bonds is 5. The molecule has 1 fully saturated rings. The average Bonchev–Trinajstić information content (AvgIpc) is 2.99. The van der Waals surface area contributed by atoms with Crippen molar-refractivity contribution in [2.24, 2.45) is 0 Å². The van der Waals surface area contributed by atoms with Gasteiger partial charge in [0.05, 0.1) is 0 Å². The second kappa shape index (κ2) is 6.62. The van der Waals surface area contributed by atoms with Gasteiger partial charge in [0.1, 0.15) is 17.5 Å². The fraction of sp³-hybridized carbons (Fsp3) is 0.278. The largest absolute Gasteiger partial charge is 0.480 e. The Morgan fingerprint density at radius 2 is 1.86 bits per heavy atom. The molecule has 0 spiro atoms. The van der Waals surface area contributed by atoms with Crippen molar-refractivity contribution in [3.63, 3.8) is 0 Å². The van der Waals surface area contributed by atoms with E-state index in [4.69, 9.17) is 4.74 Å². The highest BCUT2D eigenvalue weighted by molar-refractivity contribution is 5.73. The zero-order valence-electron chi connectivity index (χ0n) is 12.3. The summed E-state index contributed by atoms with van der Waals surface area (Å²) in [5.41, 5.74) is 1.01. The smallest absolute Gasteiger partial charge is 0.320 e. The molecular weight excluding hydrogens is 278 g/mol. The van der Waals surface area contributed by atoms with Crippen molar-refractivity contribution in [2.75, 3.05) is 6.54 Å². The lowest BCUT2D eigenvalue weighted by Gasteiger charge is -2.22. The van der Waals surface area contributed by atoms with Crippen LogP contribution < -0.4 is 4.74 Å². The number of likely N-dealkylation sites (tertiary alicyclic amines) is 1.